The Morgan fingerprint density at radius 2 is 2.00 bits per heavy atom. The highest BCUT2D eigenvalue weighted by molar-refractivity contribution is 14.1. The first-order valence-corrected chi connectivity index (χ1v) is 5.82. The maximum Gasteiger partial charge on any atom is 0.320 e. The van der Waals surface area contributed by atoms with Gasteiger partial charge in [-0.1, -0.05) is 22.6 Å². The Morgan fingerprint density at radius 3 is 2.47 bits per heavy atom. The van der Waals surface area contributed by atoms with Crippen molar-refractivity contribution < 1.29 is 19.1 Å². The molecule has 0 radical (unpaired) electrons. The predicted octanol–water partition coefficient (Wildman–Crippen LogP) is 0.504. The van der Waals surface area contributed by atoms with E-state index in [1.807, 2.05) is 36.4 Å². The second-order valence-corrected chi connectivity index (χ2v) is 4.66. The summed E-state index contributed by atoms with van der Waals surface area (Å²) in [4.78, 5) is 22.1. The summed E-state index contributed by atoms with van der Waals surface area (Å²) in [5, 5.41) is 2.58. The number of esters is 1. The van der Waals surface area contributed by atoms with Gasteiger partial charge in [-0.3, -0.25) is 9.59 Å². The lowest BCUT2D eigenvalue weighted by Gasteiger charge is -2.10. The SMILES string of the molecule is COC(=O)C(I)CNC(=O)COC(C)C. The number of hydrogen-bond acceptors (Lipinski definition) is 4. The molecule has 1 unspecified atom stereocenters. The van der Waals surface area contributed by atoms with E-state index in [4.69, 9.17) is 4.74 Å². The summed E-state index contributed by atoms with van der Waals surface area (Å²) in [7, 11) is 1.32. The van der Waals surface area contributed by atoms with Crippen molar-refractivity contribution in [1.29, 1.82) is 0 Å². The number of halogens is 1. The zero-order valence-electron chi connectivity index (χ0n) is 9.08. The fraction of sp³-hybridized carbons (Fsp3) is 0.778. The van der Waals surface area contributed by atoms with Gasteiger partial charge in [-0.2, -0.15) is 0 Å². The summed E-state index contributed by atoms with van der Waals surface area (Å²) < 4.78 is 9.24. The van der Waals surface area contributed by atoms with Gasteiger partial charge in [-0.05, 0) is 13.8 Å². The number of ether oxygens (including phenoxy) is 2. The van der Waals surface area contributed by atoms with Gasteiger partial charge in [0.15, 0.2) is 0 Å². The van der Waals surface area contributed by atoms with Crippen LogP contribution in [0.4, 0.5) is 0 Å². The van der Waals surface area contributed by atoms with Crippen molar-refractivity contribution in [3.8, 4) is 0 Å². The average Bonchev–Trinajstić information content (AvgIpc) is 2.21. The van der Waals surface area contributed by atoms with Crippen LogP contribution in [0.15, 0.2) is 0 Å². The van der Waals surface area contributed by atoms with Gasteiger partial charge in [0.05, 0.1) is 13.2 Å². The predicted molar refractivity (Wildman–Crippen MR) is 63.9 cm³/mol. The fourth-order valence-corrected chi connectivity index (χ4v) is 1.18. The van der Waals surface area contributed by atoms with Crippen LogP contribution in [0.2, 0.25) is 0 Å². The molecule has 0 aromatic heterocycles. The first-order valence-electron chi connectivity index (χ1n) is 4.57. The van der Waals surface area contributed by atoms with Crippen LogP contribution in [-0.2, 0) is 19.1 Å². The third-order valence-electron chi connectivity index (χ3n) is 1.48. The zero-order chi connectivity index (χ0) is 11.8. The van der Waals surface area contributed by atoms with Gasteiger partial charge in [0.2, 0.25) is 5.91 Å². The molecule has 0 aromatic rings. The quantitative estimate of drug-likeness (QED) is 0.438. The van der Waals surface area contributed by atoms with Gasteiger partial charge in [0.1, 0.15) is 10.5 Å². The number of rotatable bonds is 6. The van der Waals surface area contributed by atoms with Crippen molar-refractivity contribution in [2.45, 2.75) is 23.9 Å². The molecule has 0 saturated heterocycles. The minimum atomic E-state index is -0.365. The Bertz CT molecular complexity index is 220. The van der Waals surface area contributed by atoms with Crippen LogP contribution in [0, 0.1) is 0 Å². The lowest BCUT2D eigenvalue weighted by molar-refractivity contribution is -0.139. The maximum absolute atomic E-state index is 11.2. The number of carbonyl (C=O) groups is 2. The van der Waals surface area contributed by atoms with E-state index in [0.29, 0.717) is 0 Å². The fourth-order valence-electron chi connectivity index (χ4n) is 0.708. The van der Waals surface area contributed by atoms with E-state index in [2.05, 4.69) is 10.1 Å². The monoisotopic (exact) mass is 329 g/mol. The van der Waals surface area contributed by atoms with E-state index in [0.717, 1.165) is 0 Å². The minimum absolute atomic E-state index is 0.0161. The van der Waals surface area contributed by atoms with Crippen LogP contribution in [0.5, 0.6) is 0 Å². The lowest BCUT2D eigenvalue weighted by atomic mass is 10.4. The normalized spacial score (nSPS) is 12.3. The Kier molecular flexibility index (Phi) is 7.67. The molecule has 6 heteroatoms. The highest BCUT2D eigenvalue weighted by Crippen LogP contribution is 2.00. The molecule has 5 nitrogen and oxygen atoms in total. The van der Waals surface area contributed by atoms with E-state index in [9.17, 15) is 9.59 Å². The number of nitrogens with one attached hydrogen (secondary N) is 1. The second-order valence-electron chi connectivity index (χ2n) is 3.15. The van der Waals surface area contributed by atoms with Crippen LogP contribution >= 0.6 is 22.6 Å². The van der Waals surface area contributed by atoms with Gasteiger partial charge >= 0.3 is 5.97 Å². The third-order valence-corrected chi connectivity index (χ3v) is 2.43. The zero-order valence-corrected chi connectivity index (χ0v) is 11.2. The van der Waals surface area contributed by atoms with Crippen molar-refractivity contribution in [2.24, 2.45) is 0 Å². The highest BCUT2D eigenvalue weighted by atomic mass is 127. The molecule has 0 aliphatic heterocycles. The average molecular weight is 329 g/mol. The molecular weight excluding hydrogens is 313 g/mol. The van der Waals surface area contributed by atoms with E-state index >= 15 is 0 Å². The standard InChI is InChI=1S/C9H16INO4/c1-6(2)15-5-8(12)11-4-7(10)9(13)14-3/h6-7H,4-5H2,1-3H3,(H,11,12). The number of alkyl halides is 1. The van der Waals surface area contributed by atoms with Crippen molar-refractivity contribution in [3.05, 3.63) is 0 Å². The smallest absolute Gasteiger partial charge is 0.320 e. The number of methoxy groups -OCH3 is 1. The van der Waals surface area contributed by atoms with Crippen molar-refractivity contribution in [2.75, 3.05) is 20.3 Å². The van der Waals surface area contributed by atoms with Crippen molar-refractivity contribution in [1.82, 2.24) is 5.32 Å². The molecule has 0 rings (SSSR count). The van der Waals surface area contributed by atoms with Crippen LogP contribution in [-0.4, -0.2) is 42.2 Å². The molecule has 0 aliphatic rings. The molecule has 1 amide bonds. The molecular formula is C9H16INO4. The summed E-state index contributed by atoms with van der Waals surface area (Å²) in [6, 6.07) is 0. The molecule has 15 heavy (non-hydrogen) atoms. The number of carbonyl (C=O) groups excluding carboxylic acids is 2. The molecule has 88 valence electrons. The number of amides is 1. The third kappa shape index (κ3) is 7.55. The summed E-state index contributed by atoms with van der Waals surface area (Å²) in [6.07, 6.45) is 0.0201. The summed E-state index contributed by atoms with van der Waals surface area (Å²) in [5.74, 6) is -0.574. The Labute approximate surface area is 103 Å². The van der Waals surface area contributed by atoms with E-state index in [1.165, 1.54) is 7.11 Å². The Hall–Kier alpha value is -0.370. The van der Waals surface area contributed by atoms with E-state index in [1.54, 1.807) is 0 Å². The van der Waals surface area contributed by atoms with Crippen LogP contribution in [0.25, 0.3) is 0 Å². The largest absolute Gasteiger partial charge is 0.468 e. The minimum Gasteiger partial charge on any atom is -0.468 e. The molecule has 1 atom stereocenters. The molecule has 0 spiro atoms. The molecule has 0 saturated carbocycles. The molecule has 1 N–H and O–H groups in total. The summed E-state index contributed by atoms with van der Waals surface area (Å²) in [5.41, 5.74) is 0. The first kappa shape index (κ1) is 14.6. The van der Waals surface area contributed by atoms with Gasteiger partial charge in [0, 0.05) is 6.54 Å². The van der Waals surface area contributed by atoms with Crippen LogP contribution < -0.4 is 5.32 Å². The molecule has 0 aliphatic carbocycles. The lowest BCUT2D eigenvalue weighted by Crippen LogP contribution is -2.36. The second kappa shape index (κ2) is 7.86. The number of hydrogen-bond donors (Lipinski definition) is 1. The van der Waals surface area contributed by atoms with Gasteiger partial charge in [-0.25, -0.2) is 0 Å². The summed E-state index contributed by atoms with van der Waals surface area (Å²) >= 11 is 1.91. The Balaban J connectivity index is 3.66. The van der Waals surface area contributed by atoms with Crippen LogP contribution in [0.1, 0.15) is 13.8 Å². The van der Waals surface area contributed by atoms with E-state index in [-0.39, 0.29) is 35.1 Å². The van der Waals surface area contributed by atoms with Crippen molar-refractivity contribution in [3.63, 3.8) is 0 Å². The van der Waals surface area contributed by atoms with Gasteiger partial charge in [0.25, 0.3) is 0 Å². The van der Waals surface area contributed by atoms with Gasteiger partial charge in [-0.15, -0.1) is 0 Å². The molecule has 0 bridgehead atoms. The summed E-state index contributed by atoms with van der Waals surface area (Å²) in [6.45, 7) is 3.97. The Morgan fingerprint density at radius 1 is 1.40 bits per heavy atom. The van der Waals surface area contributed by atoms with Crippen LogP contribution in [0.3, 0.4) is 0 Å². The molecule has 0 heterocycles. The topological polar surface area (TPSA) is 64.6 Å². The van der Waals surface area contributed by atoms with Crippen molar-refractivity contribution >= 4 is 34.5 Å². The van der Waals surface area contributed by atoms with E-state index < -0.39 is 0 Å². The highest BCUT2D eigenvalue weighted by Gasteiger charge is 2.15. The molecule has 0 aromatic carbocycles. The molecule has 0 fully saturated rings. The maximum atomic E-state index is 11.2. The van der Waals surface area contributed by atoms with Gasteiger partial charge < -0.3 is 14.8 Å². The first-order chi connectivity index (χ1) is 6.97.